The van der Waals surface area contributed by atoms with Gasteiger partial charge in [-0.15, -0.1) is 5.98 Å². The quantitative estimate of drug-likeness (QED) is 0.579. The molecule has 0 unspecified atom stereocenters. The third-order valence-corrected chi connectivity index (χ3v) is 4.24. The van der Waals surface area contributed by atoms with E-state index in [1.54, 1.807) is 0 Å². The molecule has 0 spiro atoms. The molecule has 14 heavy (non-hydrogen) atoms. The lowest BCUT2D eigenvalue weighted by Gasteiger charge is -2.35. The summed E-state index contributed by atoms with van der Waals surface area (Å²) in [6.07, 6.45) is 7.62. The monoisotopic (exact) mass is 192 g/mol. The molecular weight excluding hydrogens is 167 g/mol. The smallest absolute Gasteiger partial charge is 0.119 e. The number of unbranched alkanes of at least 4 members (excludes halogenated alkanes) is 1. The summed E-state index contributed by atoms with van der Waals surface area (Å²) in [7, 11) is 0. The van der Waals surface area contributed by atoms with Gasteiger partial charge in [-0.05, 0) is 17.3 Å². The lowest BCUT2D eigenvalue weighted by molar-refractivity contribution is 0.177. The highest BCUT2D eigenvalue weighted by Gasteiger charge is 2.46. The van der Waals surface area contributed by atoms with Crippen molar-refractivity contribution in [2.24, 2.45) is 10.8 Å². The Morgan fingerprint density at radius 1 is 1.07 bits per heavy atom. The molecule has 1 aliphatic rings. The number of rotatable bonds is 3. The van der Waals surface area contributed by atoms with Gasteiger partial charge in [0.25, 0.3) is 0 Å². The van der Waals surface area contributed by atoms with Gasteiger partial charge in [-0.3, -0.25) is 0 Å². The minimum absolute atomic E-state index is 0.508. The van der Waals surface area contributed by atoms with Gasteiger partial charge in [0.05, 0.1) is 0 Å². The van der Waals surface area contributed by atoms with Crippen LogP contribution >= 0.6 is 0 Å². The van der Waals surface area contributed by atoms with Gasteiger partial charge in [0.2, 0.25) is 0 Å². The van der Waals surface area contributed by atoms with Gasteiger partial charge in [0.1, 0.15) is 0 Å². The first-order chi connectivity index (χ1) is 6.39. The SMILES string of the molecule is CCC/C=C/B1CC(C)(C)C(C)(C)C1. The Hall–Kier alpha value is -0.195. The zero-order valence-electron chi connectivity index (χ0n) is 10.6. The van der Waals surface area contributed by atoms with E-state index in [1.165, 1.54) is 25.5 Å². The second-order valence-corrected chi connectivity index (χ2v) is 6.15. The first kappa shape index (κ1) is 11.9. The maximum atomic E-state index is 2.46. The van der Waals surface area contributed by atoms with Crippen LogP contribution in [0.15, 0.2) is 12.1 Å². The van der Waals surface area contributed by atoms with E-state index in [-0.39, 0.29) is 0 Å². The van der Waals surface area contributed by atoms with Gasteiger partial charge in [0, 0.05) is 0 Å². The highest BCUT2D eigenvalue weighted by Crippen LogP contribution is 2.52. The molecule has 0 aromatic carbocycles. The Labute approximate surface area is 90.2 Å². The molecule has 1 fully saturated rings. The van der Waals surface area contributed by atoms with Crippen LogP contribution < -0.4 is 0 Å². The summed E-state index contributed by atoms with van der Waals surface area (Å²) in [6, 6.07) is 0. The van der Waals surface area contributed by atoms with Crippen molar-refractivity contribution in [3.8, 4) is 0 Å². The molecule has 0 aliphatic carbocycles. The maximum Gasteiger partial charge on any atom is 0.167 e. The molecule has 80 valence electrons. The van der Waals surface area contributed by atoms with E-state index in [0.29, 0.717) is 10.8 Å². The van der Waals surface area contributed by atoms with Gasteiger partial charge in [-0.1, -0.05) is 59.8 Å². The predicted octanol–water partition coefficient (Wildman–Crippen LogP) is 4.44. The maximum absolute atomic E-state index is 2.46. The average Bonchev–Trinajstić information content (AvgIpc) is 2.21. The van der Waals surface area contributed by atoms with Crippen molar-refractivity contribution in [1.82, 2.24) is 0 Å². The Balaban J connectivity index is 2.55. The van der Waals surface area contributed by atoms with Gasteiger partial charge in [-0.2, -0.15) is 0 Å². The molecule has 1 heterocycles. The fourth-order valence-electron chi connectivity index (χ4n) is 2.53. The second-order valence-electron chi connectivity index (χ2n) is 6.15. The molecule has 0 bridgehead atoms. The molecule has 0 amide bonds. The van der Waals surface area contributed by atoms with Crippen molar-refractivity contribution < 1.29 is 0 Å². The van der Waals surface area contributed by atoms with Gasteiger partial charge in [0.15, 0.2) is 6.71 Å². The summed E-state index contributed by atoms with van der Waals surface area (Å²) in [5.41, 5.74) is 1.02. The van der Waals surface area contributed by atoms with Crippen molar-refractivity contribution in [3.05, 3.63) is 12.1 Å². The van der Waals surface area contributed by atoms with E-state index in [1.807, 2.05) is 0 Å². The van der Waals surface area contributed by atoms with Gasteiger partial charge < -0.3 is 0 Å². The highest BCUT2D eigenvalue weighted by molar-refractivity contribution is 6.65. The van der Waals surface area contributed by atoms with Crippen LogP contribution in [0, 0.1) is 10.8 Å². The summed E-state index contributed by atoms with van der Waals surface area (Å²) in [5, 5.41) is 0. The van der Waals surface area contributed by atoms with E-state index in [2.05, 4.69) is 46.7 Å². The summed E-state index contributed by atoms with van der Waals surface area (Å²) < 4.78 is 0. The molecule has 1 saturated heterocycles. The van der Waals surface area contributed by atoms with Crippen LogP contribution in [0.3, 0.4) is 0 Å². The van der Waals surface area contributed by atoms with Crippen LogP contribution in [0.5, 0.6) is 0 Å². The fourth-order valence-corrected chi connectivity index (χ4v) is 2.53. The Bertz CT molecular complexity index is 197. The zero-order chi connectivity index (χ0) is 10.8. The number of allylic oxidation sites excluding steroid dienone is 1. The van der Waals surface area contributed by atoms with Crippen LogP contribution in [0.4, 0.5) is 0 Å². The summed E-state index contributed by atoms with van der Waals surface area (Å²) >= 11 is 0. The van der Waals surface area contributed by atoms with Crippen molar-refractivity contribution in [2.45, 2.75) is 60.1 Å². The van der Waals surface area contributed by atoms with E-state index in [0.717, 1.165) is 6.71 Å². The van der Waals surface area contributed by atoms with E-state index >= 15 is 0 Å². The molecular formula is C13H25B. The predicted molar refractivity (Wildman–Crippen MR) is 67.0 cm³/mol. The van der Waals surface area contributed by atoms with Crippen LogP contribution in [-0.4, -0.2) is 6.71 Å². The van der Waals surface area contributed by atoms with Crippen molar-refractivity contribution in [2.75, 3.05) is 0 Å². The normalized spacial score (nSPS) is 24.8. The standard InChI is InChI=1S/C13H25B/c1-6-7-8-9-14-10-12(2,3)13(4,5)11-14/h8-9H,6-7,10-11H2,1-5H3/b9-8+. The number of hydrogen-bond donors (Lipinski definition) is 0. The minimum Gasteiger partial charge on any atom is -0.119 e. The van der Waals surface area contributed by atoms with Crippen molar-refractivity contribution >= 4 is 6.71 Å². The largest absolute Gasteiger partial charge is 0.167 e. The van der Waals surface area contributed by atoms with Crippen LogP contribution in [0.1, 0.15) is 47.5 Å². The fraction of sp³-hybridized carbons (Fsp3) is 0.846. The van der Waals surface area contributed by atoms with Crippen molar-refractivity contribution in [3.63, 3.8) is 0 Å². The second kappa shape index (κ2) is 4.12. The van der Waals surface area contributed by atoms with E-state index in [4.69, 9.17) is 0 Å². The first-order valence-electron chi connectivity index (χ1n) is 6.06. The lowest BCUT2D eigenvalue weighted by atomic mass is 9.46. The first-order valence-corrected chi connectivity index (χ1v) is 6.06. The summed E-state index contributed by atoms with van der Waals surface area (Å²) in [5.74, 6) is 2.46. The van der Waals surface area contributed by atoms with Gasteiger partial charge >= 0.3 is 0 Å². The third-order valence-electron chi connectivity index (χ3n) is 4.24. The van der Waals surface area contributed by atoms with Crippen LogP contribution in [0.25, 0.3) is 0 Å². The molecule has 0 nitrogen and oxygen atoms in total. The Kier molecular flexibility index (Phi) is 3.50. The van der Waals surface area contributed by atoms with E-state index in [9.17, 15) is 0 Å². The molecule has 0 aromatic rings. The Morgan fingerprint density at radius 2 is 1.57 bits per heavy atom. The molecule has 0 saturated carbocycles. The van der Waals surface area contributed by atoms with Crippen LogP contribution in [-0.2, 0) is 0 Å². The number of hydrogen-bond acceptors (Lipinski definition) is 0. The molecule has 0 N–H and O–H groups in total. The molecule has 0 radical (unpaired) electrons. The third kappa shape index (κ3) is 2.43. The topological polar surface area (TPSA) is 0 Å². The average molecular weight is 192 g/mol. The highest BCUT2D eigenvalue weighted by atomic mass is 14.4. The van der Waals surface area contributed by atoms with Gasteiger partial charge in [-0.25, -0.2) is 0 Å². The minimum atomic E-state index is 0.508. The Morgan fingerprint density at radius 3 is 2.00 bits per heavy atom. The molecule has 1 heteroatoms. The van der Waals surface area contributed by atoms with E-state index < -0.39 is 0 Å². The molecule has 1 aliphatic heterocycles. The summed E-state index contributed by atoms with van der Waals surface area (Å²) in [4.78, 5) is 0. The van der Waals surface area contributed by atoms with Crippen LogP contribution in [0.2, 0.25) is 12.6 Å². The molecule has 0 atom stereocenters. The summed E-state index contributed by atoms with van der Waals surface area (Å²) in [6.45, 7) is 12.7. The van der Waals surface area contributed by atoms with Crippen molar-refractivity contribution in [1.29, 1.82) is 0 Å². The zero-order valence-corrected chi connectivity index (χ0v) is 10.6. The molecule has 1 rings (SSSR count). The lowest BCUT2D eigenvalue weighted by Crippen LogP contribution is -2.24. The molecule has 0 aromatic heterocycles.